The lowest BCUT2D eigenvalue weighted by Crippen LogP contribution is -2.14. The number of nitro groups is 1. The van der Waals surface area contributed by atoms with E-state index in [0.717, 1.165) is 5.56 Å². The van der Waals surface area contributed by atoms with Crippen LogP contribution >= 0.6 is 0 Å². The Kier molecular flexibility index (Phi) is 4.63. The summed E-state index contributed by atoms with van der Waals surface area (Å²) in [6, 6.07) is 13.5. The second kappa shape index (κ2) is 6.62. The first-order valence-corrected chi connectivity index (χ1v) is 6.26. The van der Waals surface area contributed by atoms with Gasteiger partial charge in [0.15, 0.2) is 0 Å². The first kappa shape index (κ1) is 14.7. The molecule has 2 rings (SSSR count). The molecule has 1 amide bonds. The Labute approximate surface area is 121 Å². The molecule has 2 aromatic rings. The van der Waals surface area contributed by atoms with Crippen LogP contribution in [0.1, 0.15) is 21.5 Å². The minimum Gasteiger partial charge on any atom is -0.372 e. The van der Waals surface area contributed by atoms with E-state index in [1.165, 1.54) is 18.2 Å². The van der Waals surface area contributed by atoms with E-state index in [2.05, 4.69) is 0 Å². The zero-order valence-corrected chi connectivity index (χ0v) is 11.2. The quantitative estimate of drug-likeness (QED) is 0.651. The Morgan fingerprint density at radius 3 is 2.48 bits per heavy atom. The predicted molar refractivity (Wildman–Crippen MR) is 76.5 cm³/mol. The number of ether oxygens (including phenoxy) is 1. The molecule has 0 aliphatic carbocycles. The van der Waals surface area contributed by atoms with Crippen LogP contribution in [0.2, 0.25) is 0 Å². The number of primary amides is 1. The van der Waals surface area contributed by atoms with Crippen LogP contribution in [0.3, 0.4) is 0 Å². The molecule has 0 radical (unpaired) electrons. The van der Waals surface area contributed by atoms with E-state index < -0.39 is 10.8 Å². The van der Waals surface area contributed by atoms with Crippen molar-refractivity contribution in [2.24, 2.45) is 5.73 Å². The molecule has 0 saturated heterocycles. The lowest BCUT2D eigenvalue weighted by atomic mass is 10.1. The third-order valence-electron chi connectivity index (χ3n) is 2.94. The van der Waals surface area contributed by atoms with Gasteiger partial charge in [-0.2, -0.15) is 0 Å². The molecule has 21 heavy (non-hydrogen) atoms. The van der Waals surface area contributed by atoms with Gasteiger partial charge in [0.05, 0.1) is 23.7 Å². The molecular weight excluding hydrogens is 272 g/mol. The lowest BCUT2D eigenvalue weighted by molar-refractivity contribution is -0.384. The van der Waals surface area contributed by atoms with Gasteiger partial charge < -0.3 is 10.5 Å². The third-order valence-corrected chi connectivity index (χ3v) is 2.94. The lowest BCUT2D eigenvalue weighted by Gasteiger charge is -2.08. The number of carbonyl (C=O) groups excluding carboxylic acids is 1. The molecule has 6 heteroatoms. The first-order chi connectivity index (χ1) is 10.1. The van der Waals surface area contributed by atoms with E-state index in [4.69, 9.17) is 10.5 Å². The van der Waals surface area contributed by atoms with Crippen molar-refractivity contribution in [3.05, 3.63) is 75.3 Å². The molecule has 6 nitrogen and oxygen atoms in total. The number of hydrogen-bond acceptors (Lipinski definition) is 4. The van der Waals surface area contributed by atoms with Crippen LogP contribution in [0.15, 0.2) is 48.5 Å². The van der Waals surface area contributed by atoms with Gasteiger partial charge in [-0.15, -0.1) is 0 Å². The van der Waals surface area contributed by atoms with E-state index in [9.17, 15) is 14.9 Å². The van der Waals surface area contributed by atoms with Gasteiger partial charge in [-0.25, -0.2) is 0 Å². The molecule has 2 N–H and O–H groups in total. The molecular formula is C15H14N2O4. The average molecular weight is 286 g/mol. The molecule has 0 unspecified atom stereocenters. The van der Waals surface area contributed by atoms with Gasteiger partial charge in [0.1, 0.15) is 0 Å². The highest BCUT2D eigenvalue weighted by molar-refractivity contribution is 5.95. The molecule has 0 heterocycles. The van der Waals surface area contributed by atoms with Gasteiger partial charge in [0.2, 0.25) is 5.91 Å². The number of benzene rings is 2. The number of nitrogens with zero attached hydrogens (tertiary/aromatic N) is 1. The fourth-order valence-corrected chi connectivity index (χ4v) is 1.89. The van der Waals surface area contributed by atoms with Gasteiger partial charge in [-0.05, 0) is 17.2 Å². The van der Waals surface area contributed by atoms with Crippen LogP contribution in [0.4, 0.5) is 5.69 Å². The largest absolute Gasteiger partial charge is 0.372 e. The van der Waals surface area contributed by atoms with Crippen molar-refractivity contribution >= 4 is 11.6 Å². The topological polar surface area (TPSA) is 95.5 Å². The van der Waals surface area contributed by atoms with E-state index in [1.807, 2.05) is 30.3 Å². The molecule has 0 atom stereocenters. The number of hydrogen-bond donors (Lipinski definition) is 1. The number of rotatable bonds is 6. The molecule has 2 aromatic carbocycles. The summed E-state index contributed by atoms with van der Waals surface area (Å²) in [5.74, 6) is -0.711. The van der Waals surface area contributed by atoms with E-state index in [0.29, 0.717) is 12.2 Å². The maximum Gasteiger partial charge on any atom is 0.270 e. The number of nitrogens with two attached hydrogens (primary N) is 1. The van der Waals surface area contributed by atoms with Crippen LogP contribution in [0.5, 0.6) is 0 Å². The summed E-state index contributed by atoms with van der Waals surface area (Å²) in [7, 11) is 0. The number of nitro benzene ring substituents is 1. The molecule has 0 aliphatic rings. The third kappa shape index (κ3) is 3.87. The zero-order chi connectivity index (χ0) is 15.2. The molecule has 0 aliphatic heterocycles. The second-order valence-electron chi connectivity index (χ2n) is 4.44. The number of carbonyl (C=O) groups is 1. The minimum atomic E-state index is -0.711. The van der Waals surface area contributed by atoms with Crippen molar-refractivity contribution in [3.63, 3.8) is 0 Å². The van der Waals surface area contributed by atoms with Crippen molar-refractivity contribution in [2.75, 3.05) is 0 Å². The van der Waals surface area contributed by atoms with Gasteiger partial charge in [0, 0.05) is 12.1 Å². The Morgan fingerprint density at radius 2 is 1.86 bits per heavy atom. The van der Waals surface area contributed by atoms with Crippen molar-refractivity contribution < 1.29 is 14.5 Å². The monoisotopic (exact) mass is 286 g/mol. The number of non-ortho nitro benzene ring substituents is 1. The van der Waals surface area contributed by atoms with Crippen LogP contribution in [-0.2, 0) is 18.0 Å². The van der Waals surface area contributed by atoms with Crippen LogP contribution in [0, 0.1) is 10.1 Å². The van der Waals surface area contributed by atoms with Crippen LogP contribution in [0.25, 0.3) is 0 Å². The normalized spacial score (nSPS) is 10.3. The fraction of sp³-hybridized carbons (Fsp3) is 0.133. The van der Waals surface area contributed by atoms with Crippen molar-refractivity contribution in [1.82, 2.24) is 0 Å². The summed E-state index contributed by atoms with van der Waals surface area (Å²) in [4.78, 5) is 21.5. The molecule has 0 bridgehead atoms. The zero-order valence-electron chi connectivity index (χ0n) is 11.2. The van der Waals surface area contributed by atoms with Crippen molar-refractivity contribution in [3.8, 4) is 0 Å². The Balaban J connectivity index is 2.09. The summed E-state index contributed by atoms with van der Waals surface area (Å²) < 4.78 is 5.52. The Hall–Kier alpha value is -2.73. The molecule has 108 valence electrons. The highest BCUT2D eigenvalue weighted by Gasteiger charge is 2.14. The average Bonchev–Trinajstić information content (AvgIpc) is 2.48. The standard InChI is InChI=1S/C15H14N2O4/c16-15(18)14-8-13(17(19)20)7-6-12(14)10-21-9-11-4-2-1-3-5-11/h1-8H,9-10H2,(H2,16,18). The van der Waals surface area contributed by atoms with Crippen molar-refractivity contribution in [2.45, 2.75) is 13.2 Å². The molecule has 0 saturated carbocycles. The molecule has 0 spiro atoms. The Bertz CT molecular complexity index is 656. The highest BCUT2D eigenvalue weighted by Crippen LogP contribution is 2.19. The van der Waals surface area contributed by atoms with Gasteiger partial charge >= 0.3 is 0 Å². The number of amides is 1. The Morgan fingerprint density at radius 1 is 1.14 bits per heavy atom. The van der Waals surface area contributed by atoms with Crippen molar-refractivity contribution in [1.29, 1.82) is 0 Å². The van der Waals surface area contributed by atoms with Crippen LogP contribution in [-0.4, -0.2) is 10.8 Å². The molecule has 0 aromatic heterocycles. The van der Waals surface area contributed by atoms with E-state index in [-0.39, 0.29) is 17.9 Å². The van der Waals surface area contributed by atoms with Gasteiger partial charge in [-0.1, -0.05) is 30.3 Å². The summed E-state index contributed by atoms with van der Waals surface area (Å²) in [6.07, 6.45) is 0. The fourth-order valence-electron chi connectivity index (χ4n) is 1.89. The maximum absolute atomic E-state index is 11.4. The van der Waals surface area contributed by atoms with Gasteiger partial charge in [0.25, 0.3) is 5.69 Å². The maximum atomic E-state index is 11.4. The minimum absolute atomic E-state index is 0.109. The van der Waals surface area contributed by atoms with E-state index in [1.54, 1.807) is 0 Å². The second-order valence-corrected chi connectivity index (χ2v) is 4.44. The summed E-state index contributed by atoms with van der Waals surface area (Å²) in [5.41, 5.74) is 6.72. The summed E-state index contributed by atoms with van der Waals surface area (Å²) >= 11 is 0. The smallest absolute Gasteiger partial charge is 0.270 e. The summed E-state index contributed by atoms with van der Waals surface area (Å²) in [6.45, 7) is 0.543. The first-order valence-electron chi connectivity index (χ1n) is 6.26. The van der Waals surface area contributed by atoms with Crippen LogP contribution < -0.4 is 5.73 Å². The summed E-state index contributed by atoms with van der Waals surface area (Å²) in [5, 5.41) is 10.7. The highest BCUT2D eigenvalue weighted by atomic mass is 16.6. The predicted octanol–water partition coefficient (Wildman–Crippen LogP) is 2.41. The van der Waals surface area contributed by atoms with E-state index >= 15 is 0 Å². The molecule has 0 fully saturated rings. The van der Waals surface area contributed by atoms with Gasteiger partial charge in [-0.3, -0.25) is 14.9 Å². The SMILES string of the molecule is NC(=O)c1cc([N+](=O)[O-])ccc1COCc1ccccc1.